The molecule has 1 aliphatic heterocycles. The van der Waals surface area contributed by atoms with Crippen LogP contribution in [0.25, 0.3) is 0 Å². The summed E-state index contributed by atoms with van der Waals surface area (Å²) in [5.74, 6) is 0.493. The number of para-hydroxylation sites is 1. The maximum atomic E-state index is 4.38. The molecule has 1 N–H and O–H groups in total. The molecular formula is C14H17N3. The second-order valence-electron chi connectivity index (χ2n) is 4.48. The van der Waals surface area contributed by atoms with Gasteiger partial charge in [-0.1, -0.05) is 18.2 Å². The van der Waals surface area contributed by atoms with Crippen molar-refractivity contribution < 1.29 is 0 Å². The van der Waals surface area contributed by atoms with Gasteiger partial charge in [-0.25, -0.2) is 0 Å². The first-order valence-electron chi connectivity index (χ1n) is 6.23. The number of nitrogens with one attached hydrogen (secondary N) is 1. The van der Waals surface area contributed by atoms with Gasteiger partial charge in [0, 0.05) is 30.9 Å². The van der Waals surface area contributed by atoms with Crippen LogP contribution in [0.4, 0.5) is 5.69 Å². The van der Waals surface area contributed by atoms with Gasteiger partial charge in [0.15, 0.2) is 0 Å². The van der Waals surface area contributed by atoms with Crippen molar-refractivity contribution in [2.45, 2.75) is 25.8 Å². The van der Waals surface area contributed by atoms with Crippen LogP contribution in [0.5, 0.6) is 0 Å². The highest BCUT2D eigenvalue weighted by Crippen LogP contribution is 2.35. The second-order valence-corrected chi connectivity index (χ2v) is 4.48. The first-order chi connectivity index (χ1) is 8.38. The Morgan fingerprint density at radius 1 is 1.41 bits per heavy atom. The molecule has 1 unspecified atom stereocenters. The number of aryl methyl sites for hydroxylation is 1. The van der Waals surface area contributed by atoms with Crippen LogP contribution < -0.4 is 5.32 Å². The number of anilines is 1. The predicted octanol–water partition coefficient (Wildman–Crippen LogP) is 2.85. The first-order valence-corrected chi connectivity index (χ1v) is 6.23. The Bertz CT molecular complexity index is 516. The van der Waals surface area contributed by atoms with Gasteiger partial charge in [0.1, 0.15) is 0 Å². The van der Waals surface area contributed by atoms with Gasteiger partial charge in [-0.15, -0.1) is 0 Å². The van der Waals surface area contributed by atoms with Crippen LogP contribution in [-0.4, -0.2) is 16.3 Å². The Hall–Kier alpha value is -1.77. The van der Waals surface area contributed by atoms with Crippen molar-refractivity contribution in [1.29, 1.82) is 0 Å². The number of hydrogen-bond acceptors (Lipinski definition) is 2. The van der Waals surface area contributed by atoms with Crippen molar-refractivity contribution >= 4 is 5.69 Å². The van der Waals surface area contributed by atoms with Gasteiger partial charge in [0.25, 0.3) is 0 Å². The number of rotatable bonds is 2. The Morgan fingerprint density at radius 3 is 3.12 bits per heavy atom. The Balaban J connectivity index is 1.99. The van der Waals surface area contributed by atoms with Crippen molar-refractivity contribution in [3.63, 3.8) is 0 Å². The highest BCUT2D eigenvalue weighted by molar-refractivity contribution is 5.56. The van der Waals surface area contributed by atoms with Gasteiger partial charge in [-0.2, -0.15) is 5.10 Å². The molecule has 1 aromatic carbocycles. The number of nitrogens with zero attached hydrogens (tertiary/aromatic N) is 2. The molecule has 0 bridgehead atoms. The third-order valence-electron chi connectivity index (χ3n) is 3.46. The maximum Gasteiger partial charge on any atom is 0.0528 e. The zero-order valence-electron chi connectivity index (χ0n) is 10.1. The predicted molar refractivity (Wildman–Crippen MR) is 69.3 cm³/mol. The molecule has 3 heteroatoms. The third kappa shape index (κ3) is 1.82. The lowest BCUT2D eigenvalue weighted by molar-refractivity contribution is 0.656. The Morgan fingerprint density at radius 2 is 2.29 bits per heavy atom. The van der Waals surface area contributed by atoms with Gasteiger partial charge in [0.2, 0.25) is 0 Å². The minimum Gasteiger partial charge on any atom is -0.385 e. The van der Waals surface area contributed by atoms with E-state index in [1.165, 1.54) is 16.8 Å². The highest BCUT2D eigenvalue weighted by Gasteiger charge is 2.22. The Labute approximate surface area is 101 Å². The van der Waals surface area contributed by atoms with Crippen LogP contribution in [0.2, 0.25) is 0 Å². The molecule has 0 aliphatic carbocycles. The zero-order chi connectivity index (χ0) is 11.7. The van der Waals surface area contributed by atoms with Crippen molar-refractivity contribution in [3.05, 3.63) is 47.8 Å². The summed E-state index contributed by atoms with van der Waals surface area (Å²) in [5, 5.41) is 7.83. The van der Waals surface area contributed by atoms with Gasteiger partial charge in [-0.05, 0) is 30.5 Å². The molecule has 2 heterocycles. The highest BCUT2D eigenvalue weighted by atomic mass is 15.3. The molecule has 2 aromatic rings. The molecule has 0 radical (unpaired) electrons. The lowest BCUT2D eigenvalue weighted by Gasteiger charge is -2.25. The molecule has 1 atom stereocenters. The van der Waals surface area contributed by atoms with Crippen LogP contribution in [0.3, 0.4) is 0 Å². The minimum atomic E-state index is 0.493. The average Bonchev–Trinajstić information content (AvgIpc) is 2.87. The molecule has 0 saturated carbocycles. The normalized spacial score (nSPS) is 18.5. The van der Waals surface area contributed by atoms with Crippen LogP contribution >= 0.6 is 0 Å². The number of benzene rings is 1. The summed E-state index contributed by atoms with van der Waals surface area (Å²) >= 11 is 0. The molecule has 0 fully saturated rings. The van der Waals surface area contributed by atoms with Crippen molar-refractivity contribution in [3.8, 4) is 0 Å². The molecule has 3 rings (SSSR count). The fourth-order valence-electron chi connectivity index (χ4n) is 2.55. The van der Waals surface area contributed by atoms with Crippen molar-refractivity contribution in [2.24, 2.45) is 0 Å². The standard InChI is InChI=1S/C14H17N3/c1-2-17-10-11(9-16-17)12-7-8-15-14-6-4-3-5-13(12)14/h3-6,9-10,12,15H,2,7-8H2,1H3. The van der Waals surface area contributed by atoms with Crippen LogP contribution in [0, 0.1) is 0 Å². The summed E-state index contributed by atoms with van der Waals surface area (Å²) < 4.78 is 2.00. The van der Waals surface area contributed by atoms with E-state index in [-0.39, 0.29) is 0 Å². The maximum absolute atomic E-state index is 4.38. The van der Waals surface area contributed by atoms with E-state index < -0.39 is 0 Å². The Kier molecular flexibility index (Phi) is 2.59. The average molecular weight is 227 g/mol. The summed E-state index contributed by atoms with van der Waals surface area (Å²) in [7, 11) is 0. The first kappa shape index (κ1) is 10.4. The third-order valence-corrected chi connectivity index (χ3v) is 3.46. The number of hydrogen-bond donors (Lipinski definition) is 1. The molecule has 0 amide bonds. The minimum absolute atomic E-state index is 0.493. The van der Waals surface area contributed by atoms with Crippen LogP contribution in [0.1, 0.15) is 30.4 Å². The number of aromatic nitrogens is 2. The van der Waals surface area contributed by atoms with E-state index in [9.17, 15) is 0 Å². The molecule has 3 nitrogen and oxygen atoms in total. The summed E-state index contributed by atoms with van der Waals surface area (Å²) in [5.41, 5.74) is 4.00. The zero-order valence-corrected chi connectivity index (χ0v) is 10.1. The van der Waals surface area contributed by atoms with Gasteiger partial charge < -0.3 is 5.32 Å². The van der Waals surface area contributed by atoms with Gasteiger partial charge in [0.05, 0.1) is 6.20 Å². The fourth-order valence-corrected chi connectivity index (χ4v) is 2.55. The molecule has 0 spiro atoms. The van der Waals surface area contributed by atoms with E-state index in [0.717, 1.165) is 19.5 Å². The van der Waals surface area contributed by atoms with E-state index in [0.29, 0.717) is 5.92 Å². The largest absolute Gasteiger partial charge is 0.385 e. The topological polar surface area (TPSA) is 29.9 Å². The SMILES string of the molecule is CCn1cc(C2CCNc3ccccc32)cn1. The summed E-state index contributed by atoms with van der Waals surface area (Å²) in [6.07, 6.45) is 5.33. The van der Waals surface area contributed by atoms with E-state index in [2.05, 4.69) is 47.8 Å². The van der Waals surface area contributed by atoms with Crippen LogP contribution in [-0.2, 0) is 6.54 Å². The number of fused-ring (bicyclic) bond motifs is 1. The molecule has 88 valence electrons. The van der Waals surface area contributed by atoms with E-state index >= 15 is 0 Å². The fraction of sp³-hybridized carbons (Fsp3) is 0.357. The molecule has 1 aromatic heterocycles. The summed E-state index contributed by atoms with van der Waals surface area (Å²) in [6, 6.07) is 8.58. The van der Waals surface area contributed by atoms with E-state index in [4.69, 9.17) is 0 Å². The molecule has 1 aliphatic rings. The summed E-state index contributed by atoms with van der Waals surface area (Å²) in [4.78, 5) is 0. The lowest BCUT2D eigenvalue weighted by atomic mass is 9.87. The smallest absolute Gasteiger partial charge is 0.0528 e. The van der Waals surface area contributed by atoms with E-state index in [1.807, 2.05) is 10.9 Å². The quantitative estimate of drug-likeness (QED) is 0.855. The molecule has 17 heavy (non-hydrogen) atoms. The van der Waals surface area contributed by atoms with Gasteiger partial charge in [-0.3, -0.25) is 4.68 Å². The van der Waals surface area contributed by atoms with Gasteiger partial charge >= 0.3 is 0 Å². The second kappa shape index (κ2) is 4.24. The van der Waals surface area contributed by atoms with Crippen molar-refractivity contribution in [1.82, 2.24) is 9.78 Å². The van der Waals surface area contributed by atoms with Crippen LogP contribution in [0.15, 0.2) is 36.7 Å². The molecular weight excluding hydrogens is 210 g/mol. The monoisotopic (exact) mass is 227 g/mol. The van der Waals surface area contributed by atoms with E-state index in [1.54, 1.807) is 0 Å². The van der Waals surface area contributed by atoms with Crippen molar-refractivity contribution in [2.75, 3.05) is 11.9 Å². The lowest BCUT2D eigenvalue weighted by Crippen LogP contribution is -2.17. The molecule has 0 saturated heterocycles. The summed E-state index contributed by atoms with van der Waals surface area (Å²) in [6.45, 7) is 4.10.